The number of carbonyl (C=O) groups is 2. The van der Waals surface area contributed by atoms with Gasteiger partial charge in [-0.15, -0.1) is 0 Å². The highest BCUT2D eigenvalue weighted by Gasteiger charge is 2.27. The molecule has 2 rings (SSSR count). The average molecular weight is 522 g/mol. The van der Waals surface area contributed by atoms with Crippen LogP contribution in [0.5, 0.6) is 5.75 Å². The Morgan fingerprint density at radius 2 is 1.69 bits per heavy atom. The molecular formula is C26H36FN3O5S. The molecule has 0 saturated carbocycles. The lowest BCUT2D eigenvalue weighted by Gasteiger charge is -2.30. The van der Waals surface area contributed by atoms with Crippen molar-refractivity contribution in [3.63, 3.8) is 0 Å². The molecule has 0 saturated heterocycles. The lowest BCUT2D eigenvalue weighted by Crippen LogP contribution is -2.49. The Morgan fingerprint density at radius 3 is 2.25 bits per heavy atom. The van der Waals surface area contributed by atoms with Crippen LogP contribution in [0.25, 0.3) is 0 Å². The van der Waals surface area contributed by atoms with Crippen LogP contribution in [0, 0.1) is 5.82 Å². The van der Waals surface area contributed by atoms with Gasteiger partial charge >= 0.3 is 0 Å². The van der Waals surface area contributed by atoms with Gasteiger partial charge in [0, 0.05) is 31.1 Å². The zero-order chi connectivity index (χ0) is 26.9. The zero-order valence-electron chi connectivity index (χ0n) is 21.5. The van der Waals surface area contributed by atoms with Crippen molar-refractivity contribution in [1.82, 2.24) is 10.2 Å². The average Bonchev–Trinajstić information content (AvgIpc) is 2.80. The normalized spacial score (nSPS) is 12.2. The fourth-order valence-corrected chi connectivity index (χ4v) is 4.64. The Balaban J connectivity index is 2.16. The maximum absolute atomic E-state index is 14.3. The molecule has 36 heavy (non-hydrogen) atoms. The van der Waals surface area contributed by atoms with Crippen molar-refractivity contribution in [2.24, 2.45) is 0 Å². The van der Waals surface area contributed by atoms with Crippen molar-refractivity contribution in [1.29, 1.82) is 0 Å². The summed E-state index contributed by atoms with van der Waals surface area (Å²) in [6, 6.07) is 11.8. The molecule has 2 aromatic rings. The van der Waals surface area contributed by atoms with Gasteiger partial charge < -0.3 is 15.0 Å². The molecule has 0 aliphatic rings. The maximum atomic E-state index is 14.3. The van der Waals surface area contributed by atoms with E-state index in [1.165, 1.54) is 15.3 Å². The summed E-state index contributed by atoms with van der Waals surface area (Å²) in [5, 5.41) is 2.78. The molecule has 0 aliphatic carbocycles. The molecule has 0 radical (unpaired) electrons. The fourth-order valence-electron chi connectivity index (χ4n) is 3.68. The van der Waals surface area contributed by atoms with Crippen LogP contribution in [0.15, 0.2) is 48.5 Å². The second-order valence-electron chi connectivity index (χ2n) is 8.82. The summed E-state index contributed by atoms with van der Waals surface area (Å²) in [7, 11) is -3.60. The number of sulfonamides is 1. The van der Waals surface area contributed by atoms with Gasteiger partial charge in [0.2, 0.25) is 21.8 Å². The maximum Gasteiger partial charge on any atom is 0.242 e. The van der Waals surface area contributed by atoms with E-state index < -0.39 is 21.9 Å². The van der Waals surface area contributed by atoms with E-state index in [0.717, 1.165) is 6.26 Å². The number of halogens is 1. The van der Waals surface area contributed by atoms with E-state index in [0.29, 0.717) is 23.6 Å². The third-order valence-electron chi connectivity index (χ3n) is 5.48. The number of amides is 2. The summed E-state index contributed by atoms with van der Waals surface area (Å²) in [4.78, 5) is 27.2. The van der Waals surface area contributed by atoms with Crippen LogP contribution in [0.2, 0.25) is 0 Å². The van der Waals surface area contributed by atoms with Crippen molar-refractivity contribution in [3.05, 3.63) is 59.9 Å². The smallest absolute Gasteiger partial charge is 0.242 e. The van der Waals surface area contributed by atoms with Gasteiger partial charge in [0.05, 0.1) is 18.6 Å². The Morgan fingerprint density at radius 1 is 1.06 bits per heavy atom. The summed E-state index contributed by atoms with van der Waals surface area (Å²) in [5.74, 6) is -0.556. The number of ether oxygens (including phenoxy) is 1. The van der Waals surface area contributed by atoms with E-state index in [9.17, 15) is 22.4 Å². The summed E-state index contributed by atoms with van der Waals surface area (Å²) in [6.45, 7) is 7.57. The summed E-state index contributed by atoms with van der Waals surface area (Å²) in [6.07, 6.45) is 1.30. The Kier molecular flexibility index (Phi) is 10.7. The molecule has 0 aromatic heterocycles. The number of anilines is 1. The molecule has 10 heteroatoms. The number of nitrogens with zero attached hydrogens (tertiary/aromatic N) is 2. The second kappa shape index (κ2) is 13.2. The predicted octanol–water partition coefficient (Wildman–Crippen LogP) is 3.71. The number of hydrogen-bond donors (Lipinski definition) is 1. The molecule has 1 unspecified atom stereocenters. The number of rotatable bonds is 13. The predicted molar refractivity (Wildman–Crippen MR) is 139 cm³/mol. The van der Waals surface area contributed by atoms with Gasteiger partial charge in [-0.25, -0.2) is 12.8 Å². The van der Waals surface area contributed by atoms with Gasteiger partial charge in [0.25, 0.3) is 0 Å². The van der Waals surface area contributed by atoms with E-state index in [2.05, 4.69) is 5.32 Å². The molecule has 2 amide bonds. The van der Waals surface area contributed by atoms with Crippen LogP contribution >= 0.6 is 0 Å². The minimum atomic E-state index is -3.60. The molecular weight excluding hydrogens is 485 g/mol. The standard InChI is InChI=1S/C26H36FN3O5S/c1-6-35-23-15-13-22(14-16-23)30(36(5,33)34)17-9-12-25(31)29(20(4)26(32)28-19(2)3)18-21-10-7-8-11-24(21)27/h7-8,10-11,13-16,19-20H,6,9,12,17-18H2,1-5H3,(H,28,32). The van der Waals surface area contributed by atoms with Crippen LogP contribution in [0.3, 0.4) is 0 Å². The minimum absolute atomic E-state index is 0.0171. The molecule has 1 atom stereocenters. The van der Waals surface area contributed by atoms with Gasteiger partial charge in [-0.3, -0.25) is 13.9 Å². The molecule has 198 valence electrons. The molecule has 2 aromatic carbocycles. The van der Waals surface area contributed by atoms with E-state index in [-0.39, 0.29) is 43.8 Å². The third kappa shape index (κ3) is 8.51. The quantitative estimate of drug-likeness (QED) is 0.434. The lowest BCUT2D eigenvalue weighted by molar-refractivity contribution is -0.140. The number of carbonyl (C=O) groups excluding carboxylic acids is 2. The van der Waals surface area contributed by atoms with Crippen LogP contribution in [0.1, 0.15) is 46.1 Å². The highest BCUT2D eigenvalue weighted by molar-refractivity contribution is 7.92. The highest BCUT2D eigenvalue weighted by Crippen LogP contribution is 2.23. The van der Waals surface area contributed by atoms with Crippen molar-refractivity contribution in [3.8, 4) is 5.75 Å². The molecule has 0 fully saturated rings. The lowest BCUT2D eigenvalue weighted by atomic mass is 10.1. The van der Waals surface area contributed by atoms with Gasteiger partial charge in [-0.05, 0) is 64.4 Å². The van der Waals surface area contributed by atoms with Crippen molar-refractivity contribution >= 4 is 27.5 Å². The summed E-state index contributed by atoms with van der Waals surface area (Å²) >= 11 is 0. The van der Waals surface area contributed by atoms with Crippen LogP contribution in [-0.4, -0.2) is 56.6 Å². The Bertz CT molecular complexity index is 1120. The summed E-state index contributed by atoms with van der Waals surface area (Å²) < 4.78 is 45.8. The highest BCUT2D eigenvalue weighted by atomic mass is 32.2. The van der Waals surface area contributed by atoms with Gasteiger partial charge in [0.15, 0.2) is 0 Å². The first-order valence-electron chi connectivity index (χ1n) is 12.0. The second-order valence-corrected chi connectivity index (χ2v) is 10.7. The number of hydrogen-bond acceptors (Lipinski definition) is 5. The third-order valence-corrected chi connectivity index (χ3v) is 6.68. The molecule has 8 nitrogen and oxygen atoms in total. The van der Waals surface area contributed by atoms with Crippen molar-refractivity contribution in [2.45, 2.75) is 59.2 Å². The van der Waals surface area contributed by atoms with Crippen LogP contribution in [0.4, 0.5) is 10.1 Å². The molecule has 0 aliphatic heterocycles. The van der Waals surface area contributed by atoms with Gasteiger partial charge in [-0.1, -0.05) is 18.2 Å². The Labute approximate surface area is 213 Å². The number of benzene rings is 2. The number of nitrogens with one attached hydrogen (secondary N) is 1. The first-order valence-corrected chi connectivity index (χ1v) is 13.8. The van der Waals surface area contributed by atoms with E-state index in [4.69, 9.17) is 4.74 Å². The van der Waals surface area contributed by atoms with Gasteiger partial charge in [-0.2, -0.15) is 0 Å². The SMILES string of the molecule is CCOc1ccc(N(CCCC(=O)N(Cc2ccccc2F)C(C)C(=O)NC(C)C)S(C)(=O)=O)cc1. The monoisotopic (exact) mass is 521 g/mol. The first-order chi connectivity index (χ1) is 16.9. The molecule has 1 N–H and O–H groups in total. The van der Waals surface area contributed by atoms with E-state index in [1.54, 1.807) is 49.4 Å². The molecule has 0 heterocycles. The van der Waals surface area contributed by atoms with Crippen LogP contribution < -0.4 is 14.4 Å². The fraction of sp³-hybridized carbons (Fsp3) is 0.462. The van der Waals surface area contributed by atoms with Crippen LogP contribution in [-0.2, 0) is 26.2 Å². The first kappa shape index (κ1) is 29.1. The summed E-state index contributed by atoms with van der Waals surface area (Å²) in [5.41, 5.74) is 0.753. The molecule has 0 spiro atoms. The van der Waals surface area contributed by atoms with Crippen molar-refractivity contribution in [2.75, 3.05) is 23.7 Å². The topological polar surface area (TPSA) is 96.0 Å². The zero-order valence-corrected chi connectivity index (χ0v) is 22.3. The van der Waals surface area contributed by atoms with Crippen molar-refractivity contribution < 1.29 is 27.1 Å². The van der Waals surface area contributed by atoms with E-state index in [1.807, 2.05) is 20.8 Å². The van der Waals surface area contributed by atoms with Gasteiger partial charge in [0.1, 0.15) is 17.6 Å². The Hall–Kier alpha value is -3.14. The minimum Gasteiger partial charge on any atom is -0.494 e. The van der Waals surface area contributed by atoms with E-state index >= 15 is 0 Å². The molecule has 0 bridgehead atoms. The largest absolute Gasteiger partial charge is 0.494 e.